The van der Waals surface area contributed by atoms with Crippen LogP contribution in [-0.2, 0) is 6.42 Å². The van der Waals surface area contributed by atoms with Crippen LogP contribution in [0.15, 0.2) is 27.8 Å². The van der Waals surface area contributed by atoms with Gasteiger partial charge in [0.2, 0.25) is 5.89 Å². The Bertz CT molecular complexity index is 733. The fourth-order valence-corrected chi connectivity index (χ4v) is 3.04. The van der Waals surface area contributed by atoms with E-state index in [9.17, 15) is 0 Å². The minimum Gasteiger partial charge on any atom is -0.356 e. The van der Waals surface area contributed by atoms with Gasteiger partial charge in [0.1, 0.15) is 5.82 Å². The summed E-state index contributed by atoms with van der Waals surface area (Å²) in [7, 11) is 1.76. The highest BCUT2D eigenvalue weighted by Gasteiger charge is 2.25. The van der Waals surface area contributed by atoms with Gasteiger partial charge >= 0.3 is 0 Å². The second-order valence-corrected chi connectivity index (χ2v) is 6.28. The van der Waals surface area contributed by atoms with Crippen LogP contribution in [0.2, 0.25) is 5.02 Å². The molecule has 1 aliphatic heterocycles. The number of rotatable bonds is 5. The first-order valence-corrected chi connectivity index (χ1v) is 8.65. The maximum Gasteiger partial charge on any atom is 0.228 e. The van der Waals surface area contributed by atoms with Crippen LogP contribution in [0.3, 0.4) is 0 Å². The molecule has 3 rings (SSSR count). The topological polar surface area (TPSA) is 91.5 Å². The number of nitrogens with one attached hydrogen (secondary N) is 2. The summed E-state index contributed by atoms with van der Waals surface area (Å²) in [6.45, 7) is 4.22. The average molecular weight is 364 g/mol. The second kappa shape index (κ2) is 8.15. The molecule has 2 N–H and O–H groups in total. The quantitative estimate of drug-likeness (QED) is 0.613. The Hall–Kier alpha value is -2.35. The van der Waals surface area contributed by atoms with E-state index in [1.54, 1.807) is 20.2 Å². The number of nitrogens with zero attached hydrogens (tertiary/aromatic N) is 5. The maximum absolute atomic E-state index is 6.23. The molecule has 1 atom stereocenters. The van der Waals surface area contributed by atoms with Crippen molar-refractivity contribution in [3.8, 4) is 0 Å². The lowest BCUT2D eigenvalue weighted by molar-refractivity contribution is 0.374. The molecular weight excluding hydrogens is 342 g/mol. The highest BCUT2D eigenvalue weighted by atomic mass is 35.5. The van der Waals surface area contributed by atoms with Crippen LogP contribution in [0.5, 0.6) is 0 Å². The lowest BCUT2D eigenvalue weighted by Gasteiger charge is -2.20. The molecule has 0 bridgehead atoms. The largest absolute Gasteiger partial charge is 0.356 e. The minimum absolute atomic E-state index is 0.287. The monoisotopic (exact) mass is 363 g/mol. The summed E-state index contributed by atoms with van der Waals surface area (Å²) in [4.78, 5) is 15.0. The average Bonchev–Trinajstić information content (AvgIpc) is 3.23. The van der Waals surface area contributed by atoms with Gasteiger partial charge in [-0.1, -0.05) is 16.8 Å². The molecule has 134 valence electrons. The predicted octanol–water partition coefficient (Wildman–Crippen LogP) is 1.41. The number of pyridine rings is 1. The summed E-state index contributed by atoms with van der Waals surface area (Å²) in [6.07, 6.45) is 3.42. The van der Waals surface area contributed by atoms with E-state index in [2.05, 4.69) is 35.7 Å². The predicted molar refractivity (Wildman–Crippen MR) is 97.1 cm³/mol. The standard InChI is InChI=1S/C16H22ClN7O/c1-11-21-14(25-23-11)5-8-20-16(18-2)22-12-6-9-24(10-12)15-13(17)4-3-7-19-15/h3-4,7,12H,5-6,8-10H2,1-2H3,(H2,18,20,22). The van der Waals surface area contributed by atoms with Crippen LogP contribution >= 0.6 is 11.6 Å². The van der Waals surface area contributed by atoms with Gasteiger partial charge in [-0.15, -0.1) is 0 Å². The van der Waals surface area contributed by atoms with E-state index in [-0.39, 0.29) is 6.04 Å². The molecule has 0 radical (unpaired) electrons. The molecule has 1 unspecified atom stereocenters. The van der Waals surface area contributed by atoms with Gasteiger partial charge in [0.05, 0.1) is 5.02 Å². The van der Waals surface area contributed by atoms with E-state index in [0.717, 1.165) is 31.3 Å². The Labute approximate surface area is 151 Å². The van der Waals surface area contributed by atoms with E-state index >= 15 is 0 Å². The second-order valence-electron chi connectivity index (χ2n) is 5.87. The number of halogens is 1. The molecular formula is C16H22ClN7O. The highest BCUT2D eigenvalue weighted by molar-refractivity contribution is 6.32. The molecule has 0 aliphatic carbocycles. The van der Waals surface area contributed by atoms with Crippen molar-refractivity contribution in [1.29, 1.82) is 0 Å². The molecule has 0 spiro atoms. The minimum atomic E-state index is 0.287. The third-order valence-electron chi connectivity index (χ3n) is 3.99. The van der Waals surface area contributed by atoms with Crippen molar-refractivity contribution < 1.29 is 4.52 Å². The summed E-state index contributed by atoms with van der Waals surface area (Å²) in [6, 6.07) is 3.99. The number of hydrogen-bond donors (Lipinski definition) is 2. The number of aromatic nitrogens is 3. The molecule has 2 aromatic rings. The van der Waals surface area contributed by atoms with Gasteiger partial charge in [-0.2, -0.15) is 4.98 Å². The Morgan fingerprint density at radius 2 is 2.40 bits per heavy atom. The number of anilines is 1. The Balaban J connectivity index is 1.47. The van der Waals surface area contributed by atoms with Gasteiger partial charge in [-0.3, -0.25) is 4.99 Å². The zero-order chi connectivity index (χ0) is 17.6. The zero-order valence-electron chi connectivity index (χ0n) is 14.4. The highest BCUT2D eigenvalue weighted by Crippen LogP contribution is 2.25. The molecule has 0 aromatic carbocycles. The van der Waals surface area contributed by atoms with Crippen molar-refractivity contribution in [3.05, 3.63) is 35.1 Å². The number of hydrogen-bond acceptors (Lipinski definition) is 6. The summed E-state index contributed by atoms with van der Waals surface area (Å²) < 4.78 is 5.10. The summed E-state index contributed by atoms with van der Waals surface area (Å²) in [5.74, 6) is 2.87. The number of aliphatic imine (C=N–C) groups is 1. The molecule has 9 heteroatoms. The lowest BCUT2D eigenvalue weighted by atomic mass is 10.3. The van der Waals surface area contributed by atoms with E-state index in [4.69, 9.17) is 16.1 Å². The van der Waals surface area contributed by atoms with Gasteiger partial charge < -0.3 is 20.1 Å². The van der Waals surface area contributed by atoms with Crippen molar-refractivity contribution in [1.82, 2.24) is 25.8 Å². The normalized spacial score (nSPS) is 17.8. The van der Waals surface area contributed by atoms with Crippen molar-refractivity contribution in [2.24, 2.45) is 4.99 Å². The fourth-order valence-electron chi connectivity index (χ4n) is 2.80. The van der Waals surface area contributed by atoms with Gasteiger partial charge in [0, 0.05) is 45.3 Å². The molecule has 8 nitrogen and oxygen atoms in total. The van der Waals surface area contributed by atoms with E-state index in [1.807, 2.05) is 12.1 Å². The SMILES string of the molecule is CN=C(NCCc1nc(C)no1)NC1CCN(c2ncccc2Cl)C1. The van der Waals surface area contributed by atoms with Crippen molar-refractivity contribution in [2.45, 2.75) is 25.8 Å². The summed E-state index contributed by atoms with van der Waals surface area (Å²) in [5, 5.41) is 11.2. The first kappa shape index (κ1) is 17.5. The summed E-state index contributed by atoms with van der Waals surface area (Å²) >= 11 is 6.23. The third-order valence-corrected chi connectivity index (χ3v) is 4.29. The van der Waals surface area contributed by atoms with Crippen LogP contribution in [0.4, 0.5) is 5.82 Å². The maximum atomic E-state index is 6.23. The Morgan fingerprint density at radius 3 is 3.12 bits per heavy atom. The van der Waals surface area contributed by atoms with Crippen LogP contribution < -0.4 is 15.5 Å². The number of aryl methyl sites for hydroxylation is 1. The molecule has 3 heterocycles. The van der Waals surface area contributed by atoms with Crippen LogP contribution in [0.1, 0.15) is 18.1 Å². The van der Waals surface area contributed by atoms with Crippen molar-refractivity contribution in [2.75, 3.05) is 31.6 Å². The molecule has 25 heavy (non-hydrogen) atoms. The summed E-state index contributed by atoms with van der Waals surface area (Å²) in [5.41, 5.74) is 0. The molecule has 1 aliphatic rings. The van der Waals surface area contributed by atoms with Crippen molar-refractivity contribution in [3.63, 3.8) is 0 Å². The van der Waals surface area contributed by atoms with E-state index in [0.29, 0.717) is 29.7 Å². The number of guanidine groups is 1. The first-order valence-electron chi connectivity index (χ1n) is 8.27. The smallest absolute Gasteiger partial charge is 0.228 e. The molecule has 2 aromatic heterocycles. The molecule has 0 saturated carbocycles. The fraction of sp³-hybridized carbons (Fsp3) is 0.500. The zero-order valence-corrected chi connectivity index (χ0v) is 15.1. The third kappa shape index (κ3) is 4.60. The van der Waals surface area contributed by atoms with Gasteiger partial charge in [0.15, 0.2) is 11.8 Å². The van der Waals surface area contributed by atoms with E-state index in [1.165, 1.54) is 0 Å². The molecule has 1 fully saturated rings. The molecule has 0 amide bonds. The van der Waals surface area contributed by atoms with Crippen LogP contribution in [0, 0.1) is 6.92 Å². The van der Waals surface area contributed by atoms with Crippen LogP contribution in [0.25, 0.3) is 0 Å². The van der Waals surface area contributed by atoms with Crippen LogP contribution in [-0.4, -0.2) is 53.8 Å². The van der Waals surface area contributed by atoms with Gasteiger partial charge in [-0.05, 0) is 25.5 Å². The van der Waals surface area contributed by atoms with E-state index < -0.39 is 0 Å². The Kier molecular flexibility index (Phi) is 5.70. The molecule has 1 saturated heterocycles. The lowest BCUT2D eigenvalue weighted by Crippen LogP contribution is -2.45. The van der Waals surface area contributed by atoms with Crippen molar-refractivity contribution >= 4 is 23.4 Å². The van der Waals surface area contributed by atoms with Gasteiger partial charge in [0.25, 0.3) is 0 Å². The Morgan fingerprint density at radius 1 is 1.52 bits per heavy atom. The first-order chi connectivity index (χ1) is 12.2. The van der Waals surface area contributed by atoms with Gasteiger partial charge in [-0.25, -0.2) is 4.98 Å².